The van der Waals surface area contributed by atoms with Crippen molar-refractivity contribution < 1.29 is 4.74 Å². The van der Waals surface area contributed by atoms with Crippen LogP contribution in [0.15, 0.2) is 24.3 Å². The molecule has 0 aliphatic carbocycles. The van der Waals surface area contributed by atoms with Crippen LogP contribution in [0, 0.1) is 6.92 Å². The minimum absolute atomic E-state index is 0.0187. The van der Waals surface area contributed by atoms with Crippen molar-refractivity contribution in [1.82, 2.24) is 5.32 Å². The molecule has 1 aromatic carbocycles. The zero-order valence-corrected chi connectivity index (χ0v) is 9.07. The lowest BCUT2D eigenvalue weighted by Crippen LogP contribution is -2.47. The molecule has 3 N–H and O–H groups in total. The highest BCUT2D eigenvalue weighted by atomic mass is 16.5. The Morgan fingerprint density at radius 2 is 2.40 bits per heavy atom. The van der Waals surface area contributed by atoms with Crippen molar-refractivity contribution in [2.75, 3.05) is 19.8 Å². The molecule has 2 atom stereocenters. The molecule has 1 heterocycles. The number of ether oxygens (including phenoxy) is 1. The Kier molecular flexibility index (Phi) is 3.36. The van der Waals surface area contributed by atoms with Crippen molar-refractivity contribution >= 4 is 0 Å². The summed E-state index contributed by atoms with van der Waals surface area (Å²) >= 11 is 0. The van der Waals surface area contributed by atoms with Crippen molar-refractivity contribution in [1.29, 1.82) is 0 Å². The minimum atomic E-state index is 0.0187. The summed E-state index contributed by atoms with van der Waals surface area (Å²) in [4.78, 5) is 0. The smallest absolute Gasteiger partial charge is 0.0638 e. The Hall–Kier alpha value is -0.900. The van der Waals surface area contributed by atoms with Crippen molar-refractivity contribution in [3.63, 3.8) is 0 Å². The molecule has 0 saturated carbocycles. The first-order valence-corrected chi connectivity index (χ1v) is 5.40. The lowest BCUT2D eigenvalue weighted by Gasteiger charge is -2.29. The number of nitrogens with one attached hydrogen (secondary N) is 1. The van der Waals surface area contributed by atoms with E-state index in [1.165, 1.54) is 11.1 Å². The summed E-state index contributed by atoms with van der Waals surface area (Å²) in [6.07, 6.45) is 0. The molecule has 1 fully saturated rings. The van der Waals surface area contributed by atoms with E-state index in [9.17, 15) is 0 Å². The van der Waals surface area contributed by atoms with E-state index in [1.54, 1.807) is 0 Å². The Labute approximate surface area is 90.6 Å². The number of aryl methyl sites for hydroxylation is 1. The third-order valence-electron chi connectivity index (χ3n) is 2.81. The van der Waals surface area contributed by atoms with Crippen LogP contribution in [-0.2, 0) is 4.74 Å². The van der Waals surface area contributed by atoms with E-state index in [0.717, 1.165) is 13.2 Å². The number of rotatable bonds is 2. The molecule has 0 bridgehead atoms. The van der Waals surface area contributed by atoms with Gasteiger partial charge in [-0.2, -0.15) is 0 Å². The molecular formula is C12H18N2O. The zero-order chi connectivity index (χ0) is 10.7. The second-order valence-electron chi connectivity index (χ2n) is 4.08. The van der Waals surface area contributed by atoms with E-state index in [2.05, 4.69) is 30.4 Å². The van der Waals surface area contributed by atoms with E-state index in [4.69, 9.17) is 10.5 Å². The van der Waals surface area contributed by atoms with Gasteiger partial charge in [-0.15, -0.1) is 0 Å². The Balaban J connectivity index is 2.08. The molecule has 1 aliphatic heterocycles. The number of hydrogen-bond donors (Lipinski definition) is 2. The predicted octanol–water partition coefficient (Wildman–Crippen LogP) is 0.983. The number of hydrogen-bond acceptors (Lipinski definition) is 3. The Bertz CT molecular complexity index is 321. The van der Waals surface area contributed by atoms with Crippen LogP contribution >= 0.6 is 0 Å². The quantitative estimate of drug-likeness (QED) is 0.758. The molecule has 0 radical (unpaired) electrons. The van der Waals surface area contributed by atoms with Gasteiger partial charge < -0.3 is 15.8 Å². The van der Waals surface area contributed by atoms with Gasteiger partial charge in [-0.25, -0.2) is 0 Å². The van der Waals surface area contributed by atoms with Gasteiger partial charge in [0.05, 0.1) is 13.2 Å². The van der Waals surface area contributed by atoms with Crippen LogP contribution < -0.4 is 11.1 Å². The molecule has 1 aromatic rings. The van der Waals surface area contributed by atoms with E-state index < -0.39 is 0 Å². The first-order valence-electron chi connectivity index (χ1n) is 5.40. The van der Waals surface area contributed by atoms with Crippen LogP contribution in [0.2, 0.25) is 0 Å². The highest BCUT2D eigenvalue weighted by Gasteiger charge is 2.21. The van der Waals surface area contributed by atoms with Gasteiger partial charge in [-0.05, 0) is 12.5 Å². The molecule has 1 aliphatic rings. The van der Waals surface area contributed by atoms with Gasteiger partial charge in [-0.3, -0.25) is 0 Å². The summed E-state index contributed by atoms with van der Waals surface area (Å²) in [5.41, 5.74) is 8.62. The van der Waals surface area contributed by atoms with E-state index in [0.29, 0.717) is 6.61 Å². The molecule has 2 rings (SSSR count). The fourth-order valence-electron chi connectivity index (χ4n) is 1.93. The fraction of sp³-hybridized carbons (Fsp3) is 0.500. The summed E-state index contributed by atoms with van der Waals surface area (Å²) in [7, 11) is 0. The maximum atomic E-state index is 6.20. The normalized spacial score (nSPS) is 23.7. The molecule has 15 heavy (non-hydrogen) atoms. The topological polar surface area (TPSA) is 47.3 Å². The van der Waals surface area contributed by atoms with Crippen molar-refractivity contribution in [3.05, 3.63) is 35.4 Å². The van der Waals surface area contributed by atoms with Crippen LogP contribution in [0.25, 0.3) is 0 Å². The van der Waals surface area contributed by atoms with Crippen LogP contribution in [-0.4, -0.2) is 25.8 Å². The molecular weight excluding hydrogens is 188 g/mol. The van der Waals surface area contributed by atoms with Crippen molar-refractivity contribution in [2.45, 2.75) is 19.0 Å². The summed E-state index contributed by atoms with van der Waals surface area (Å²) in [6, 6.07) is 8.61. The van der Waals surface area contributed by atoms with Crippen molar-refractivity contribution in [2.24, 2.45) is 5.73 Å². The van der Waals surface area contributed by atoms with E-state index in [-0.39, 0.29) is 12.1 Å². The molecule has 0 spiro atoms. The number of benzene rings is 1. The molecule has 1 saturated heterocycles. The molecule has 3 nitrogen and oxygen atoms in total. The molecule has 0 amide bonds. The summed E-state index contributed by atoms with van der Waals surface area (Å²) in [5, 5.41) is 3.39. The SMILES string of the molecule is Cc1cccc(C(N)C2COCCN2)c1. The van der Waals surface area contributed by atoms with Crippen LogP contribution in [0.3, 0.4) is 0 Å². The predicted molar refractivity (Wildman–Crippen MR) is 60.7 cm³/mol. The van der Waals surface area contributed by atoms with Crippen LogP contribution in [0.1, 0.15) is 17.2 Å². The standard InChI is InChI=1S/C12H18N2O/c1-9-3-2-4-10(7-9)12(13)11-8-15-6-5-14-11/h2-4,7,11-12,14H,5-6,8,13H2,1H3. The summed E-state index contributed by atoms with van der Waals surface area (Å²) in [5.74, 6) is 0. The largest absolute Gasteiger partial charge is 0.378 e. The third kappa shape index (κ3) is 2.56. The lowest BCUT2D eigenvalue weighted by atomic mass is 9.98. The van der Waals surface area contributed by atoms with Gasteiger partial charge in [-0.1, -0.05) is 29.8 Å². The second kappa shape index (κ2) is 4.75. The molecule has 82 valence electrons. The van der Waals surface area contributed by atoms with Gasteiger partial charge in [0.25, 0.3) is 0 Å². The van der Waals surface area contributed by atoms with Gasteiger partial charge in [0.2, 0.25) is 0 Å². The Morgan fingerprint density at radius 3 is 3.07 bits per heavy atom. The van der Waals surface area contributed by atoms with Gasteiger partial charge >= 0.3 is 0 Å². The minimum Gasteiger partial charge on any atom is -0.378 e. The first kappa shape index (κ1) is 10.6. The van der Waals surface area contributed by atoms with E-state index >= 15 is 0 Å². The first-order chi connectivity index (χ1) is 7.27. The average molecular weight is 206 g/mol. The lowest BCUT2D eigenvalue weighted by molar-refractivity contribution is 0.0685. The van der Waals surface area contributed by atoms with Crippen LogP contribution in [0.5, 0.6) is 0 Å². The number of nitrogens with two attached hydrogens (primary N) is 1. The highest BCUT2D eigenvalue weighted by molar-refractivity contribution is 5.26. The molecule has 3 heteroatoms. The molecule has 0 aromatic heterocycles. The summed E-state index contributed by atoms with van der Waals surface area (Å²) in [6.45, 7) is 4.47. The Morgan fingerprint density at radius 1 is 1.53 bits per heavy atom. The average Bonchev–Trinajstić information content (AvgIpc) is 2.29. The highest BCUT2D eigenvalue weighted by Crippen LogP contribution is 2.17. The monoisotopic (exact) mass is 206 g/mol. The van der Waals surface area contributed by atoms with E-state index in [1.807, 2.05) is 6.07 Å². The number of morpholine rings is 1. The maximum Gasteiger partial charge on any atom is 0.0638 e. The molecule has 2 unspecified atom stereocenters. The van der Waals surface area contributed by atoms with Crippen molar-refractivity contribution in [3.8, 4) is 0 Å². The maximum absolute atomic E-state index is 6.20. The third-order valence-corrected chi connectivity index (χ3v) is 2.81. The zero-order valence-electron chi connectivity index (χ0n) is 9.07. The van der Waals surface area contributed by atoms with Gasteiger partial charge in [0.1, 0.15) is 0 Å². The second-order valence-corrected chi connectivity index (χ2v) is 4.08. The summed E-state index contributed by atoms with van der Waals surface area (Å²) < 4.78 is 5.41. The van der Waals surface area contributed by atoms with Crippen LogP contribution in [0.4, 0.5) is 0 Å². The van der Waals surface area contributed by atoms with Gasteiger partial charge in [0.15, 0.2) is 0 Å². The van der Waals surface area contributed by atoms with Gasteiger partial charge in [0, 0.05) is 18.6 Å². The fourth-order valence-corrected chi connectivity index (χ4v) is 1.93.